The molecular weight excluding hydrogens is 671 g/mol. The Labute approximate surface area is 296 Å². The molecule has 0 amide bonds. The summed E-state index contributed by atoms with van der Waals surface area (Å²) in [5.74, 6) is 4.72. The third-order valence-electron chi connectivity index (χ3n) is 7.71. The van der Waals surface area contributed by atoms with Crippen molar-refractivity contribution in [2.45, 2.75) is 34.3 Å². The van der Waals surface area contributed by atoms with Crippen molar-refractivity contribution in [3.05, 3.63) is 71.3 Å². The lowest BCUT2D eigenvalue weighted by Gasteiger charge is -2.18. The highest BCUT2D eigenvalue weighted by molar-refractivity contribution is 7.99. The van der Waals surface area contributed by atoms with E-state index in [1.165, 1.54) is 32.9 Å². The molecule has 0 unspecified atom stereocenters. The maximum atomic E-state index is 11.3. The van der Waals surface area contributed by atoms with Crippen LogP contribution in [0.1, 0.15) is 16.7 Å². The van der Waals surface area contributed by atoms with Crippen LogP contribution in [0.4, 0.5) is 0 Å². The van der Waals surface area contributed by atoms with Crippen LogP contribution in [0.3, 0.4) is 0 Å². The first-order chi connectivity index (χ1) is 23.3. The smallest absolute Gasteiger partial charge is 0.319 e. The fraction of sp³-hybridized carbons (Fsp3) is 0.429. The molecule has 0 aliphatic carbocycles. The summed E-state index contributed by atoms with van der Waals surface area (Å²) < 4.78 is 20.3. The number of esters is 1. The summed E-state index contributed by atoms with van der Waals surface area (Å²) in [4.78, 5) is 30.0. The SMILES string of the molecule is COC(=O)CN1CCSc2ccc(OC)cc2C1.COc1ccc2c(c1)CN(CC(=O)O)CCS2.COc1ccc2c(c1)CNCCS2. The van der Waals surface area contributed by atoms with Gasteiger partial charge in [-0.15, -0.1) is 35.3 Å². The second-order valence-corrected chi connectivity index (χ2v) is 14.4. The summed E-state index contributed by atoms with van der Waals surface area (Å²) >= 11 is 5.50. The van der Waals surface area contributed by atoms with E-state index >= 15 is 0 Å². The van der Waals surface area contributed by atoms with Gasteiger partial charge in [-0.3, -0.25) is 19.4 Å². The minimum absolute atomic E-state index is 0.0945. The van der Waals surface area contributed by atoms with E-state index < -0.39 is 5.97 Å². The van der Waals surface area contributed by atoms with E-state index in [-0.39, 0.29) is 12.5 Å². The highest BCUT2D eigenvalue weighted by atomic mass is 32.2. The molecule has 0 radical (unpaired) electrons. The number of carboxylic acids is 1. The van der Waals surface area contributed by atoms with Crippen molar-refractivity contribution in [1.29, 1.82) is 0 Å². The van der Waals surface area contributed by atoms with E-state index in [2.05, 4.69) is 28.4 Å². The Morgan fingerprint density at radius 1 is 0.688 bits per heavy atom. The molecule has 0 spiro atoms. The molecule has 3 aliphatic heterocycles. The molecule has 0 bridgehead atoms. The normalized spacial score (nSPS) is 15.9. The summed E-state index contributed by atoms with van der Waals surface area (Å²) in [5.41, 5.74) is 3.70. The van der Waals surface area contributed by atoms with Crippen LogP contribution in [0, 0.1) is 0 Å². The van der Waals surface area contributed by atoms with E-state index in [9.17, 15) is 9.59 Å². The highest BCUT2D eigenvalue weighted by Crippen LogP contribution is 2.32. The van der Waals surface area contributed by atoms with Crippen molar-refractivity contribution in [2.75, 3.05) is 78.4 Å². The molecule has 3 heterocycles. The maximum absolute atomic E-state index is 11.3. The van der Waals surface area contributed by atoms with Crippen LogP contribution in [0.25, 0.3) is 0 Å². The molecule has 0 saturated heterocycles. The topological polar surface area (TPSA) is 110 Å². The molecular formula is C35H45N3O7S3. The molecule has 10 nitrogen and oxygen atoms in total. The molecule has 6 rings (SSSR count). The van der Waals surface area contributed by atoms with Crippen molar-refractivity contribution in [1.82, 2.24) is 15.1 Å². The van der Waals surface area contributed by atoms with Gasteiger partial charge < -0.3 is 29.4 Å². The molecule has 3 aliphatic rings. The van der Waals surface area contributed by atoms with Gasteiger partial charge in [-0.05, 0) is 71.3 Å². The van der Waals surface area contributed by atoms with Crippen LogP contribution in [0.2, 0.25) is 0 Å². The predicted molar refractivity (Wildman–Crippen MR) is 193 cm³/mol. The molecule has 3 aromatic rings. The molecule has 260 valence electrons. The highest BCUT2D eigenvalue weighted by Gasteiger charge is 2.19. The zero-order valence-corrected chi connectivity index (χ0v) is 30.4. The minimum atomic E-state index is -0.777. The van der Waals surface area contributed by atoms with Gasteiger partial charge in [-0.2, -0.15) is 0 Å². The van der Waals surface area contributed by atoms with Crippen molar-refractivity contribution in [3.63, 3.8) is 0 Å². The Morgan fingerprint density at radius 3 is 1.62 bits per heavy atom. The first-order valence-corrected chi connectivity index (χ1v) is 18.6. The van der Waals surface area contributed by atoms with Crippen LogP contribution >= 0.6 is 35.3 Å². The molecule has 2 N–H and O–H groups in total. The van der Waals surface area contributed by atoms with Gasteiger partial charge in [0.2, 0.25) is 0 Å². The van der Waals surface area contributed by atoms with E-state index in [1.807, 2.05) is 64.8 Å². The number of hydrogen-bond acceptors (Lipinski definition) is 12. The van der Waals surface area contributed by atoms with Gasteiger partial charge >= 0.3 is 11.9 Å². The Balaban J connectivity index is 0.000000165. The van der Waals surface area contributed by atoms with Crippen LogP contribution in [0.5, 0.6) is 17.2 Å². The van der Waals surface area contributed by atoms with Crippen molar-refractivity contribution in [3.8, 4) is 17.2 Å². The number of nitrogens with zero attached hydrogens (tertiary/aromatic N) is 2. The van der Waals surface area contributed by atoms with Gasteiger partial charge in [0.1, 0.15) is 17.2 Å². The van der Waals surface area contributed by atoms with E-state index in [0.29, 0.717) is 13.1 Å². The van der Waals surface area contributed by atoms with Gasteiger partial charge in [-0.1, -0.05) is 0 Å². The van der Waals surface area contributed by atoms with Crippen molar-refractivity contribution >= 4 is 47.2 Å². The lowest BCUT2D eigenvalue weighted by atomic mass is 10.2. The van der Waals surface area contributed by atoms with Crippen LogP contribution < -0.4 is 19.5 Å². The summed E-state index contributed by atoms with van der Waals surface area (Å²) in [7, 11) is 6.43. The lowest BCUT2D eigenvalue weighted by Crippen LogP contribution is -2.31. The molecule has 0 aromatic heterocycles. The average molecular weight is 716 g/mol. The number of rotatable bonds is 7. The summed E-state index contributed by atoms with van der Waals surface area (Å²) in [5, 5.41) is 12.2. The molecule has 48 heavy (non-hydrogen) atoms. The van der Waals surface area contributed by atoms with Gasteiger partial charge in [0.25, 0.3) is 0 Å². The zero-order valence-electron chi connectivity index (χ0n) is 28.0. The summed E-state index contributed by atoms with van der Waals surface area (Å²) in [6.45, 7) is 5.59. The molecule has 0 atom stereocenters. The Hall–Kier alpha value is -3.07. The number of ether oxygens (including phenoxy) is 4. The van der Waals surface area contributed by atoms with Gasteiger partial charge in [-0.25, -0.2) is 0 Å². The third-order valence-corrected chi connectivity index (χ3v) is 11.0. The number of benzene rings is 3. The molecule has 0 fully saturated rings. The zero-order chi connectivity index (χ0) is 34.3. The summed E-state index contributed by atoms with van der Waals surface area (Å²) in [6, 6.07) is 18.4. The number of methoxy groups -OCH3 is 4. The van der Waals surface area contributed by atoms with Crippen LogP contribution in [-0.2, 0) is 34.0 Å². The number of hydrogen-bond donors (Lipinski definition) is 2. The largest absolute Gasteiger partial charge is 0.497 e. The van der Waals surface area contributed by atoms with Crippen molar-refractivity contribution in [2.24, 2.45) is 0 Å². The Morgan fingerprint density at radius 2 is 1.15 bits per heavy atom. The number of nitrogens with one attached hydrogen (secondary N) is 1. The molecule has 0 saturated carbocycles. The molecule has 3 aromatic carbocycles. The standard InChI is InChI=1S/C13H17NO3S.C12H15NO3S.C10H13NOS/c1-16-11-3-4-12-10(7-11)8-14(5-6-18-12)9-13(15)17-2;1-16-10-2-3-11-9(6-10)7-13(4-5-17-11)8-12(14)15;1-12-9-2-3-10-8(6-9)7-11-4-5-13-10/h3-4,7H,5-6,8-9H2,1-2H3;2-3,6H,4-5,7-8H2,1H3,(H,14,15);2-3,6,11H,4-5,7H2,1H3. The number of carbonyl (C=O) groups excluding carboxylic acids is 1. The van der Waals surface area contributed by atoms with E-state index in [4.69, 9.17) is 24.1 Å². The Kier molecular flexibility index (Phi) is 15.6. The van der Waals surface area contributed by atoms with E-state index in [0.717, 1.165) is 72.8 Å². The predicted octanol–water partition coefficient (Wildman–Crippen LogP) is 5.35. The number of thioether (sulfide) groups is 3. The third kappa shape index (κ3) is 11.8. The first kappa shape index (κ1) is 37.7. The fourth-order valence-electron chi connectivity index (χ4n) is 5.23. The monoisotopic (exact) mass is 715 g/mol. The van der Waals surface area contributed by atoms with Crippen LogP contribution in [-0.4, -0.2) is 105 Å². The average Bonchev–Trinajstić information content (AvgIpc) is 3.55. The second kappa shape index (κ2) is 19.8. The van der Waals surface area contributed by atoms with Gasteiger partial charge in [0.05, 0.1) is 41.5 Å². The fourth-order valence-corrected chi connectivity index (χ4v) is 8.26. The number of aliphatic carboxylic acids is 1. The number of carboxylic acid groups (broad SMARTS) is 1. The number of fused-ring (bicyclic) bond motifs is 3. The van der Waals surface area contributed by atoms with Gasteiger partial charge in [0.15, 0.2) is 0 Å². The van der Waals surface area contributed by atoms with Crippen LogP contribution in [0.15, 0.2) is 69.3 Å². The maximum Gasteiger partial charge on any atom is 0.319 e. The number of carbonyl (C=O) groups is 2. The lowest BCUT2D eigenvalue weighted by molar-refractivity contribution is -0.142. The minimum Gasteiger partial charge on any atom is -0.497 e. The quantitative estimate of drug-likeness (QED) is 0.307. The van der Waals surface area contributed by atoms with E-state index in [1.54, 1.807) is 33.1 Å². The van der Waals surface area contributed by atoms with Gasteiger partial charge in [0, 0.05) is 71.2 Å². The van der Waals surface area contributed by atoms with Crippen molar-refractivity contribution < 1.29 is 33.6 Å². The first-order valence-electron chi connectivity index (χ1n) is 15.6. The second-order valence-electron chi connectivity index (χ2n) is 11.0. The Bertz CT molecular complexity index is 1510. The molecule has 13 heteroatoms. The summed E-state index contributed by atoms with van der Waals surface area (Å²) in [6.07, 6.45) is 0.